The fourth-order valence-corrected chi connectivity index (χ4v) is 2.93. The predicted molar refractivity (Wildman–Crippen MR) is 94.8 cm³/mol. The van der Waals surface area contributed by atoms with Crippen LogP contribution in [0.25, 0.3) is 0 Å². The van der Waals surface area contributed by atoms with Gasteiger partial charge in [-0.15, -0.1) is 0 Å². The third-order valence-electron chi connectivity index (χ3n) is 4.34. The first-order valence-electron chi connectivity index (χ1n) is 8.41. The quantitative estimate of drug-likeness (QED) is 0.817. The molecule has 2 aromatic rings. The number of carbonyl (C=O) groups excluding carboxylic acids is 2. The van der Waals surface area contributed by atoms with Crippen LogP contribution in [-0.2, 0) is 27.3 Å². The molecule has 1 saturated heterocycles. The van der Waals surface area contributed by atoms with Crippen molar-refractivity contribution < 1.29 is 19.5 Å². The SMILES string of the molecule is CCc1ccc(N2C[C@H](C(=O)Nc3ccn(CC(=O)O)n3)CC2=O)cc1. The first kappa shape index (κ1) is 17.7. The number of carboxylic acid groups (broad SMARTS) is 1. The Morgan fingerprint density at radius 3 is 2.65 bits per heavy atom. The third kappa shape index (κ3) is 3.90. The van der Waals surface area contributed by atoms with E-state index in [0.717, 1.165) is 12.1 Å². The van der Waals surface area contributed by atoms with Crippen molar-refractivity contribution in [1.82, 2.24) is 9.78 Å². The summed E-state index contributed by atoms with van der Waals surface area (Å²) >= 11 is 0. The number of anilines is 2. The zero-order chi connectivity index (χ0) is 18.7. The molecule has 1 aromatic heterocycles. The van der Waals surface area contributed by atoms with Crippen LogP contribution < -0.4 is 10.2 Å². The number of hydrogen-bond donors (Lipinski definition) is 2. The average molecular weight is 356 g/mol. The molecule has 0 spiro atoms. The van der Waals surface area contributed by atoms with Gasteiger partial charge in [-0.3, -0.25) is 19.1 Å². The molecule has 1 fully saturated rings. The Bertz CT molecular complexity index is 828. The van der Waals surface area contributed by atoms with Crippen molar-refractivity contribution in [3.8, 4) is 0 Å². The van der Waals surface area contributed by atoms with Gasteiger partial charge in [-0.2, -0.15) is 5.10 Å². The summed E-state index contributed by atoms with van der Waals surface area (Å²) in [7, 11) is 0. The van der Waals surface area contributed by atoms with Crippen molar-refractivity contribution in [2.24, 2.45) is 5.92 Å². The Morgan fingerprint density at radius 2 is 2.00 bits per heavy atom. The zero-order valence-electron chi connectivity index (χ0n) is 14.4. The Labute approximate surface area is 150 Å². The number of aliphatic carboxylic acids is 1. The van der Waals surface area contributed by atoms with Crippen LogP contribution in [0.3, 0.4) is 0 Å². The molecule has 0 bridgehead atoms. The van der Waals surface area contributed by atoms with Gasteiger partial charge in [0.2, 0.25) is 11.8 Å². The van der Waals surface area contributed by atoms with Crippen LogP contribution in [0.2, 0.25) is 0 Å². The lowest BCUT2D eigenvalue weighted by Gasteiger charge is -2.17. The smallest absolute Gasteiger partial charge is 0.325 e. The highest BCUT2D eigenvalue weighted by molar-refractivity contribution is 6.03. The second-order valence-electron chi connectivity index (χ2n) is 6.21. The van der Waals surface area contributed by atoms with Crippen LogP contribution in [0.4, 0.5) is 11.5 Å². The Kier molecular flexibility index (Phi) is 5.01. The fourth-order valence-electron chi connectivity index (χ4n) is 2.93. The molecule has 0 aliphatic carbocycles. The number of rotatable bonds is 6. The van der Waals surface area contributed by atoms with Crippen LogP contribution in [0.5, 0.6) is 0 Å². The Hall–Kier alpha value is -3.16. The molecule has 26 heavy (non-hydrogen) atoms. The van der Waals surface area contributed by atoms with E-state index in [4.69, 9.17) is 5.11 Å². The topological polar surface area (TPSA) is 105 Å². The molecule has 2 heterocycles. The van der Waals surface area contributed by atoms with Crippen LogP contribution in [0.15, 0.2) is 36.5 Å². The molecular weight excluding hydrogens is 336 g/mol. The van der Waals surface area contributed by atoms with E-state index in [1.54, 1.807) is 4.90 Å². The summed E-state index contributed by atoms with van der Waals surface area (Å²) < 4.78 is 1.22. The minimum atomic E-state index is -1.02. The van der Waals surface area contributed by atoms with Crippen LogP contribution in [0.1, 0.15) is 18.9 Å². The molecule has 0 saturated carbocycles. The molecule has 0 radical (unpaired) electrons. The summed E-state index contributed by atoms with van der Waals surface area (Å²) in [6.45, 7) is 2.10. The summed E-state index contributed by atoms with van der Waals surface area (Å²) in [4.78, 5) is 37.0. The van der Waals surface area contributed by atoms with Crippen molar-refractivity contribution in [3.05, 3.63) is 42.1 Å². The van der Waals surface area contributed by atoms with Crippen LogP contribution >= 0.6 is 0 Å². The van der Waals surface area contributed by atoms with E-state index in [1.807, 2.05) is 24.3 Å². The number of benzene rings is 1. The predicted octanol–water partition coefficient (Wildman–Crippen LogP) is 1.52. The van der Waals surface area contributed by atoms with Crippen LogP contribution in [0, 0.1) is 5.92 Å². The number of carboxylic acids is 1. The minimum Gasteiger partial charge on any atom is -0.480 e. The molecule has 1 aliphatic heterocycles. The van der Waals surface area contributed by atoms with Crippen molar-refractivity contribution in [2.45, 2.75) is 26.3 Å². The summed E-state index contributed by atoms with van der Waals surface area (Å²) in [6, 6.07) is 9.27. The summed E-state index contributed by atoms with van der Waals surface area (Å²) in [5, 5.41) is 15.4. The maximum atomic E-state index is 12.4. The number of amides is 2. The van der Waals surface area contributed by atoms with Gasteiger partial charge in [-0.1, -0.05) is 19.1 Å². The first-order chi connectivity index (χ1) is 12.5. The number of carbonyl (C=O) groups is 3. The van der Waals surface area contributed by atoms with Gasteiger partial charge in [0, 0.05) is 30.9 Å². The fraction of sp³-hybridized carbons (Fsp3) is 0.333. The highest BCUT2D eigenvalue weighted by Crippen LogP contribution is 2.26. The molecule has 2 amide bonds. The summed E-state index contributed by atoms with van der Waals surface area (Å²) in [6.07, 6.45) is 2.54. The van der Waals surface area contributed by atoms with E-state index < -0.39 is 11.9 Å². The second-order valence-corrected chi connectivity index (χ2v) is 6.21. The van der Waals surface area contributed by atoms with Crippen molar-refractivity contribution in [2.75, 3.05) is 16.8 Å². The third-order valence-corrected chi connectivity index (χ3v) is 4.34. The Balaban J connectivity index is 1.63. The molecule has 1 aromatic carbocycles. The number of nitrogens with zero attached hydrogens (tertiary/aromatic N) is 3. The van der Waals surface area contributed by atoms with Crippen molar-refractivity contribution >= 4 is 29.3 Å². The number of aryl methyl sites for hydroxylation is 1. The molecule has 2 N–H and O–H groups in total. The minimum absolute atomic E-state index is 0.0918. The van der Waals surface area contributed by atoms with E-state index in [1.165, 1.54) is 22.5 Å². The summed E-state index contributed by atoms with van der Waals surface area (Å²) in [5.74, 6) is -1.61. The van der Waals surface area contributed by atoms with Gasteiger partial charge in [0.25, 0.3) is 0 Å². The molecule has 3 rings (SSSR count). The maximum absolute atomic E-state index is 12.4. The van der Waals surface area contributed by atoms with Gasteiger partial charge < -0.3 is 15.3 Å². The largest absolute Gasteiger partial charge is 0.480 e. The van der Waals surface area contributed by atoms with E-state index in [2.05, 4.69) is 17.3 Å². The van der Waals surface area contributed by atoms with Crippen LogP contribution in [-0.4, -0.2) is 39.2 Å². The maximum Gasteiger partial charge on any atom is 0.325 e. The molecular formula is C18H20N4O4. The lowest BCUT2D eigenvalue weighted by Crippen LogP contribution is -2.28. The Morgan fingerprint density at radius 1 is 1.27 bits per heavy atom. The summed E-state index contributed by atoms with van der Waals surface area (Å²) in [5.41, 5.74) is 1.97. The normalized spacial score (nSPS) is 16.7. The second kappa shape index (κ2) is 7.38. The zero-order valence-corrected chi connectivity index (χ0v) is 14.4. The van der Waals surface area contributed by atoms with E-state index in [9.17, 15) is 14.4 Å². The number of aromatic nitrogens is 2. The highest BCUT2D eigenvalue weighted by Gasteiger charge is 2.35. The van der Waals surface area contributed by atoms with Gasteiger partial charge in [0.1, 0.15) is 6.54 Å². The standard InChI is InChI=1S/C18H20N4O4/c1-2-12-3-5-14(6-4-12)22-10-13(9-16(22)23)18(26)19-15-7-8-21(20-15)11-17(24)25/h3-8,13H,2,9-11H2,1H3,(H,24,25)(H,19,20,26)/t13-/m1/s1. The van der Waals surface area contributed by atoms with Gasteiger partial charge in [0.15, 0.2) is 5.82 Å². The monoisotopic (exact) mass is 356 g/mol. The lowest BCUT2D eigenvalue weighted by molar-refractivity contribution is -0.137. The molecule has 136 valence electrons. The first-order valence-corrected chi connectivity index (χ1v) is 8.41. The molecule has 0 unspecified atom stereocenters. The molecule has 1 atom stereocenters. The lowest BCUT2D eigenvalue weighted by atomic mass is 10.1. The van der Waals surface area contributed by atoms with Gasteiger partial charge in [-0.05, 0) is 24.1 Å². The van der Waals surface area contributed by atoms with Gasteiger partial charge >= 0.3 is 5.97 Å². The average Bonchev–Trinajstić information content (AvgIpc) is 3.21. The van der Waals surface area contributed by atoms with E-state index in [-0.39, 0.29) is 30.6 Å². The number of hydrogen-bond acceptors (Lipinski definition) is 4. The number of nitrogens with one attached hydrogen (secondary N) is 1. The molecule has 8 nitrogen and oxygen atoms in total. The van der Waals surface area contributed by atoms with E-state index in [0.29, 0.717) is 6.54 Å². The van der Waals surface area contributed by atoms with Gasteiger partial charge in [0.05, 0.1) is 5.92 Å². The van der Waals surface area contributed by atoms with Gasteiger partial charge in [-0.25, -0.2) is 0 Å². The molecule has 1 aliphatic rings. The highest BCUT2D eigenvalue weighted by atomic mass is 16.4. The van der Waals surface area contributed by atoms with Crippen molar-refractivity contribution in [1.29, 1.82) is 0 Å². The van der Waals surface area contributed by atoms with E-state index >= 15 is 0 Å². The molecule has 8 heteroatoms. The van der Waals surface area contributed by atoms with Crippen molar-refractivity contribution in [3.63, 3.8) is 0 Å².